The predicted octanol–water partition coefficient (Wildman–Crippen LogP) is 4.68. The summed E-state index contributed by atoms with van der Waals surface area (Å²) in [6, 6.07) is 11.2. The summed E-state index contributed by atoms with van der Waals surface area (Å²) < 4.78 is 28.5. The third kappa shape index (κ3) is 5.06. The number of sulfonamides is 1. The zero-order chi connectivity index (χ0) is 26.2. The number of rotatable bonds is 6. The maximum atomic E-state index is 13.5. The number of amides is 2. The number of hydrogen-bond acceptors (Lipinski definition) is 4. The van der Waals surface area contributed by atoms with Crippen molar-refractivity contribution in [3.05, 3.63) is 53.1 Å². The van der Waals surface area contributed by atoms with E-state index in [2.05, 4.69) is 12.2 Å². The van der Waals surface area contributed by atoms with Gasteiger partial charge in [-0.25, -0.2) is 8.42 Å². The van der Waals surface area contributed by atoms with Gasteiger partial charge in [-0.05, 0) is 86.8 Å². The lowest BCUT2D eigenvalue weighted by Gasteiger charge is -2.35. The van der Waals surface area contributed by atoms with Crippen LogP contribution in [0.15, 0.2) is 41.3 Å². The zero-order valence-electron chi connectivity index (χ0n) is 21.8. The summed E-state index contributed by atoms with van der Waals surface area (Å²) in [6.07, 6.45) is 6.45. The lowest BCUT2D eigenvalue weighted by Crippen LogP contribution is -2.42. The molecule has 2 fully saturated rings. The van der Waals surface area contributed by atoms with Crippen LogP contribution in [-0.4, -0.2) is 44.2 Å². The first-order chi connectivity index (χ1) is 17.8. The summed E-state index contributed by atoms with van der Waals surface area (Å²) >= 11 is 0. The van der Waals surface area contributed by atoms with Crippen LogP contribution in [0.2, 0.25) is 0 Å². The van der Waals surface area contributed by atoms with Gasteiger partial charge >= 0.3 is 0 Å². The number of aryl methyl sites for hydroxylation is 3. The molecule has 2 aromatic carbocycles. The molecule has 1 aliphatic carbocycles. The van der Waals surface area contributed by atoms with Crippen LogP contribution in [0.25, 0.3) is 0 Å². The van der Waals surface area contributed by atoms with Gasteiger partial charge in [0, 0.05) is 42.8 Å². The monoisotopic (exact) mass is 523 g/mol. The van der Waals surface area contributed by atoms with Crippen molar-refractivity contribution in [2.45, 2.75) is 70.1 Å². The minimum Gasteiger partial charge on any atom is -0.325 e. The van der Waals surface area contributed by atoms with Crippen LogP contribution in [0.4, 0.5) is 11.4 Å². The second-order valence-electron chi connectivity index (χ2n) is 10.6. The Hall–Kier alpha value is -2.71. The van der Waals surface area contributed by atoms with Gasteiger partial charge in [-0.3, -0.25) is 9.59 Å². The first-order valence-electron chi connectivity index (χ1n) is 13.6. The van der Waals surface area contributed by atoms with Gasteiger partial charge in [-0.15, -0.1) is 0 Å². The van der Waals surface area contributed by atoms with Crippen LogP contribution in [0.3, 0.4) is 0 Å². The van der Waals surface area contributed by atoms with E-state index in [1.165, 1.54) is 4.31 Å². The van der Waals surface area contributed by atoms with E-state index < -0.39 is 10.0 Å². The Kier molecular flexibility index (Phi) is 7.41. The molecule has 8 heteroatoms. The number of nitrogens with zero attached hydrogens (tertiary/aromatic N) is 2. The maximum absolute atomic E-state index is 13.5. The van der Waals surface area contributed by atoms with Crippen LogP contribution in [-0.2, 0) is 32.5 Å². The van der Waals surface area contributed by atoms with Gasteiger partial charge in [-0.2, -0.15) is 4.31 Å². The number of fused-ring (bicyclic) bond motifs is 1. The first-order valence-corrected chi connectivity index (χ1v) is 15.1. The summed E-state index contributed by atoms with van der Waals surface area (Å²) in [5, 5.41) is 3.11. The molecule has 0 spiro atoms. The number of hydrogen-bond donors (Lipinski definition) is 1. The standard InChI is InChI=1S/C29H37N3O4S/c1-3-21-8-4-7-20(2)27(21)30-28(33)22-14-17-31(18-15-22)37(35,36)25-12-13-26-24(19-25)11-6-16-32(26)29(34)23-9-5-10-23/h4,7-8,12-13,19,22-23H,3,5-6,9-11,14-18H2,1-2H3,(H,30,33). The first kappa shape index (κ1) is 25.9. The van der Waals surface area contributed by atoms with Crippen molar-refractivity contribution < 1.29 is 18.0 Å². The van der Waals surface area contributed by atoms with Crippen LogP contribution < -0.4 is 10.2 Å². The van der Waals surface area contributed by atoms with E-state index in [4.69, 9.17) is 0 Å². The molecule has 0 bridgehead atoms. The number of carbonyl (C=O) groups is 2. The number of benzene rings is 2. The molecule has 5 rings (SSSR count). The topological polar surface area (TPSA) is 86.8 Å². The Morgan fingerprint density at radius 3 is 2.41 bits per heavy atom. The Labute approximate surface area is 220 Å². The second kappa shape index (κ2) is 10.6. The number of anilines is 2. The third-order valence-electron chi connectivity index (χ3n) is 8.34. The van der Waals surface area contributed by atoms with Crippen LogP contribution in [0.5, 0.6) is 0 Å². The average Bonchev–Trinajstić information content (AvgIpc) is 2.88. The van der Waals surface area contributed by atoms with Crippen molar-refractivity contribution >= 4 is 33.2 Å². The number of para-hydroxylation sites is 1. The highest BCUT2D eigenvalue weighted by Crippen LogP contribution is 2.36. The summed E-state index contributed by atoms with van der Waals surface area (Å²) in [7, 11) is -3.67. The van der Waals surface area contributed by atoms with Crippen LogP contribution in [0.1, 0.15) is 62.1 Å². The number of piperidine rings is 1. The summed E-state index contributed by atoms with van der Waals surface area (Å²) in [6.45, 7) is 5.39. The molecule has 1 N–H and O–H groups in total. The molecule has 0 unspecified atom stereocenters. The molecule has 1 saturated heterocycles. The van der Waals surface area contributed by atoms with Gasteiger partial charge in [0.15, 0.2) is 0 Å². The van der Waals surface area contributed by atoms with E-state index >= 15 is 0 Å². The lowest BCUT2D eigenvalue weighted by atomic mass is 9.83. The molecule has 0 aromatic heterocycles. The fourth-order valence-corrected chi connectivity index (χ4v) is 7.29. The van der Waals surface area contributed by atoms with E-state index in [-0.39, 0.29) is 28.5 Å². The van der Waals surface area contributed by atoms with Crippen molar-refractivity contribution in [1.82, 2.24) is 4.31 Å². The van der Waals surface area contributed by atoms with Crippen molar-refractivity contribution in [3.63, 3.8) is 0 Å². The zero-order valence-corrected chi connectivity index (χ0v) is 22.6. The normalized spacial score (nSPS) is 19.2. The van der Waals surface area contributed by atoms with E-state index in [1.54, 1.807) is 12.1 Å². The Balaban J connectivity index is 1.25. The largest absolute Gasteiger partial charge is 0.325 e. The van der Waals surface area contributed by atoms with Gasteiger partial charge in [0.1, 0.15) is 0 Å². The fourth-order valence-electron chi connectivity index (χ4n) is 5.77. The SMILES string of the molecule is CCc1cccc(C)c1NC(=O)C1CCN(S(=O)(=O)c2ccc3c(c2)CCCN3C(=O)C2CCC2)CC1. The highest BCUT2D eigenvalue weighted by molar-refractivity contribution is 7.89. The smallest absolute Gasteiger partial charge is 0.243 e. The maximum Gasteiger partial charge on any atom is 0.243 e. The molecule has 7 nitrogen and oxygen atoms in total. The molecule has 0 radical (unpaired) electrons. The number of carbonyl (C=O) groups excluding carboxylic acids is 2. The Morgan fingerprint density at radius 2 is 1.73 bits per heavy atom. The second-order valence-corrected chi connectivity index (χ2v) is 12.6. The minimum absolute atomic E-state index is 0.0361. The van der Waals surface area contributed by atoms with E-state index in [0.717, 1.165) is 66.6 Å². The Bertz CT molecular complexity index is 1290. The summed E-state index contributed by atoms with van der Waals surface area (Å²) in [5.41, 5.74) is 4.81. The van der Waals surface area contributed by atoms with Gasteiger partial charge in [0.2, 0.25) is 21.8 Å². The summed E-state index contributed by atoms with van der Waals surface area (Å²) in [4.78, 5) is 28.1. The molecule has 2 aliphatic heterocycles. The predicted molar refractivity (Wildman–Crippen MR) is 145 cm³/mol. The molecule has 37 heavy (non-hydrogen) atoms. The molecular formula is C29H37N3O4S. The third-order valence-corrected chi connectivity index (χ3v) is 10.2. The van der Waals surface area contributed by atoms with E-state index in [9.17, 15) is 18.0 Å². The van der Waals surface area contributed by atoms with Gasteiger partial charge in [0.25, 0.3) is 0 Å². The molecular weight excluding hydrogens is 486 g/mol. The molecule has 2 aromatic rings. The average molecular weight is 524 g/mol. The molecule has 3 aliphatic rings. The van der Waals surface area contributed by atoms with E-state index in [1.807, 2.05) is 36.1 Å². The van der Waals surface area contributed by atoms with Gasteiger partial charge in [0.05, 0.1) is 4.90 Å². The molecule has 1 saturated carbocycles. The summed E-state index contributed by atoms with van der Waals surface area (Å²) in [5.74, 6) is 0.0450. The van der Waals surface area contributed by atoms with Gasteiger partial charge in [-0.1, -0.05) is 31.5 Å². The highest BCUT2D eigenvalue weighted by Gasteiger charge is 2.35. The van der Waals surface area contributed by atoms with Crippen molar-refractivity contribution in [2.24, 2.45) is 11.8 Å². The minimum atomic E-state index is -3.67. The molecule has 0 atom stereocenters. The van der Waals surface area contributed by atoms with Gasteiger partial charge < -0.3 is 10.2 Å². The fraction of sp³-hybridized carbons (Fsp3) is 0.517. The van der Waals surface area contributed by atoms with Crippen molar-refractivity contribution in [3.8, 4) is 0 Å². The highest BCUT2D eigenvalue weighted by atomic mass is 32.2. The molecule has 2 heterocycles. The molecule has 198 valence electrons. The number of nitrogens with one attached hydrogen (secondary N) is 1. The van der Waals surface area contributed by atoms with Crippen molar-refractivity contribution in [2.75, 3.05) is 29.9 Å². The quantitative estimate of drug-likeness (QED) is 0.596. The van der Waals surface area contributed by atoms with Crippen LogP contribution >= 0.6 is 0 Å². The Morgan fingerprint density at radius 1 is 0.973 bits per heavy atom. The van der Waals surface area contributed by atoms with Crippen LogP contribution in [0, 0.1) is 18.8 Å². The molecule has 2 amide bonds. The lowest BCUT2D eigenvalue weighted by molar-refractivity contribution is -0.124. The van der Waals surface area contributed by atoms with E-state index in [0.29, 0.717) is 32.5 Å². The van der Waals surface area contributed by atoms with Crippen molar-refractivity contribution in [1.29, 1.82) is 0 Å².